The number of aromatic nitrogens is 1. The predicted octanol–water partition coefficient (Wildman–Crippen LogP) is 5.32. The molecule has 144 valence electrons. The van der Waals surface area contributed by atoms with Gasteiger partial charge in [-0.2, -0.15) is 0 Å². The molecule has 0 spiro atoms. The van der Waals surface area contributed by atoms with Crippen molar-refractivity contribution in [1.82, 2.24) is 10.3 Å². The Labute approximate surface area is 177 Å². The maximum atomic E-state index is 12.6. The summed E-state index contributed by atoms with van der Waals surface area (Å²) in [5, 5.41) is 6.10. The molecule has 1 N–H and O–H groups in total. The van der Waals surface area contributed by atoms with Crippen molar-refractivity contribution in [1.29, 1.82) is 0 Å². The molecule has 0 aliphatic heterocycles. The number of amides is 1. The molecule has 0 saturated heterocycles. The van der Waals surface area contributed by atoms with Gasteiger partial charge in [0.2, 0.25) is 5.91 Å². The lowest BCUT2D eigenvalue weighted by atomic mass is 10.0. The maximum absolute atomic E-state index is 12.6. The number of rotatable bonds is 7. The lowest BCUT2D eigenvalue weighted by molar-refractivity contribution is -0.121. The van der Waals surface area contributed by atoms with Crippen LogP contribution in [0.2, 0.25) is 0 Å². The summed E-state index contributed by atoms with van der Waals surface area (Å²) >= 11 is 5.02. The van der Waals surface area contributed by atoms with Crippen LogP contribution in [0.3, 0.4) is 0 Å². The second-order valence-electron chi connectivity index (χ2n) is 6.92. The standard InChI is InChI=1S/C22H21BrN2O2S/c1-2-27-19-9-3-15(4-10-19)21-24-18(14-28-21)13-20(26)25-22(11-12-22)16-5-7-17(23)8-6-16/h3-10,14H,2,11-13H2,1H3,(H,25,26). The highest BCUT2D eigenvalue weighted by Crippen LogP contribution is 2.45. The van der Waals surface area contributed by atoms with Crippen molar-refractivity contribution in [2.75, 3.05) is 6.61 Å². The highest BCUT2D eigenvalue weighted by molar-refractivity contribution is 9.10. The van der Waals surface area contributed by atoms with Crippen molar-refractivity contribution in [2.24, 2.45) is 0 Å². The third-order valence-corrected chi connectivity index (χ3v) is 6.30. The van der Waals surface area contributed by atoms with E-state index in [4.69, 9.17) is 4.74 Å². The average molecular weight is 457 g/mol. The number of thiazole rings is 1. The Balaban J connectivity index is 1.40. The summed E-state index contributed by atoms with van der Waals surface area (Å²) in [4.78, 5) is 17.2. The van der Waals surface area contributed by atoms with Gasteiger partial charge in [0.05, 0.1) is 24.3 Å². The van der Waals surface area contributed by atoms with E-state index >= 15 is 0 Å². The topological polar surface area (TPSA) is 51.2 Å². The van der Waals surface area contributed by atoms with Crippen LogP contribution in [-0.4, -0.2) is 17.5 Å². The quantitative estimate of drug-likeness (QED) is 0.523. The summed E-state index contributed by atoms with van der Waals surface area (Å²) < 4.78 is 6.52. The zero-order valence-corrected chi connectivity index (χ0v) is 18.0. The Kier molecular flexibility index (Phi) is 5.51. The first kappa shape index (κ1) is 19.2. The molecule has 1 aliphatic rings. The fraction of sp³-hybridized carbons (Fsp3) is 0.273. The number of benzene rings is 2. The van der Waals surface area contributed by atoms with E-state index in [2.05, 4.69) is 38.4 Å². The maximum Gasteiger partial charge on any atom is 0.226 e. The van der Waals surface area contributed by atoms with Crippen LogP contribution in [0.25, 0.3) is 10.6 Å². The van der Waals surface area contributed by atoms with E-state index in [1.807, 2.05) is 48.7 Å². The Morgan fingerprint density at radius 2 is 1.89 bits per heavy atom. The molecule has 6 heteroatoms. The lowest BCUT2D eigenvalue weighted by Gasteiger charge is -2.17. The van der Waals surface area contributed by atoms with Crippen LogP contribution in [0, 0.1) is 0 Å². The van der Waals surface area contributed by atoms with Gasteiger partial charge in [-0.3, -0.25) is 4.79 Å². The van der Waals surface area contributed by atoms with E-state index in [1.165, 1.54) is 0 Å². The van der Waals surface area contributed by atoms with E-state index in [1.54, 1.807) is 11.3 Å². The van der Waals surface area contributed by atoms with Gasteiger partial charge in [-0.1, -0.05) is 28.1 Å². The van der Waals surface area contributed by atoms with E-state index in [0.717, 1.165) is 44.9 Å². The molecule has 1 aliphatic carbocycles. The van der Waals surface area contributed by atoms with Gasteiger partial charge < -0.3 is 10.1 Å². The first-order chi connectivity index (χ1) is 13.6. The van der Waals surface area contributed by atoms with E-state index in [9.17, 15) is 4.79 Å². The number of carbonyl (C=O) groups is 1. The molecule has 0 atom stereocenters. The molecule has 2 aromatic carbocycles. The molecular weight excluding hydrogens is 436 g/mol. The summed E-state index contributed by atoms with van der Waals surface area (Å²) in [5.74, 6) is 0.869. The van der Waals surface area contributed by atoms with Gasteiger partial charge in [0.15, 0.2) is 0 Å². The molecule has 4 rings (SSSR count). The van der Waals surface area contributed by atoms with Gasteiger partial charge in [-0.25, -0.2) is 4.98 Å². The van der Waals surface area contributed by atoms with E-state index < -0.39 is 0 Å². The van der Waals surface area contributed by atoms with Gasteiger partial charge in [0.25, 0.3) is 0 Å². The molecule has 0 bridgehead atoms. The van der Waals surface area contributed by atoms with Crippen LogP contribution < -0.4 is 10.1 Å². The second kappa shape index (κ2) is 8.05. The van der Waals surface area contributed by atoms with Crippen molar-refractivity contribution >= 4 is 33.2 Å². The summed E-state index contributed by atoms with van der Waals surface area (Å²) in [7, 11) is 0. The minimum atomic E-state index is -0.203. The van der Waals surface area contributed by atoms with Gasteiger partial charge in [-0.15, -0.1) is 11.3 Å². The average Bonchev–Trinajstić information content (AvgIpc) is 3.31. The number of halogens is 1. The van der Waals surface area contributed by atoms with Crippen molar-refractivity contribution in [3.8, 4) is 16.3 Å². The van der Waals surface area contributed by atoms with Crippen LogP contribution in [0.4, 0.5) is 0 Å². The van der Waals surface area contributed by atoms with Crippen LogP contribution in [-0.2, 0) is 16.8 Å². The lowest BCUT2D eigenvalue weighted by Crippen LogP contribution is -2.35. The third-order valence-electron chi connectivity index (χ3n) is 4.83. The normalized spacial score (nSPS) is 14.5. The van der Waals surface area contributed by atoms with Crippen LogP contribution in [0.15, 0.2) is 58.4 Å². The Morgan fingerprint density at radius 3 is 2.54 bits per heavy atom. The van der Waals surface area contributed by atoms with Gasteiger partial charge in [-0.05, 0) is 61.7 Å². The van der Waals surface area contributed by atoms with E-state index in [0.29, 0.717) is 13.0 Å². The smallest absolute Gasteiger partial charge is 0.226 e. The molecule has 28 heavy (non-hydrogen) atoms. The summed E-state index contributed by atoms with van der Waals surface area (Å²) in [6, 6.07) is 16.1. The molecular formula is C22H21BrN2O2S. The minimum Gasteiger partial charge on any atom is -0.494 e. The van der Waals surface area contributed by atoms with Crippen molar-refractivity contribution < 1.29 is 9.53 Å². The Morgan fingerprint density at radius 1 is 1.18 bits per heavy atom. The molecule has 4 nitrogen and oxygen atoms in total. The summed E-state index contributed by atoms with van der Waals surface area (Å²) in [6.07, 6.45) is 2.26. The van der Waals surface area contributed by atoms with Crippen LogP contribution in [0.1, 0.15) is 31.0 Å². The summed E-state index contributed by atoms with van der Waals surface area (Å²) in [6.45, 7) is 2.62. The number of carbonyl (C=O) groups excluding carboxylic acids is 1. The predicted molar refractivity (Wildman–Crippen MR) is 116 cm³/mol. The summed E-state index contributed by atoms with van der Waals surface area (Å²) in [5.41, 5.74) is 2.80. The third kappa shape index (κ3) is 4.28. The first-order valence-corrected chi connectivity index (χ1v) is 11.0. The highest BCUT2D eigenvalue weighted by Gasteiger charge is 2.45. The van der Waals surface area contributed by atoms with E-state index in [-0.39, 0.29) is 11.4 Å². The molecule has 0 radical (unpaired) electrons. The Bertz CT molecular complexity index is 963. The van der Waals surface area contributed by atoms with Crippen molar-refractivity contribution in [3.63, 3.8) is 0 Å². The number of nitrogens with one attached hydrogen (secondary N) is 1. The minimum absolute atomic E-state index is 0.0176. The number of hydrogen-bond donors (Lipinski definition) is 1. The van der Waals surface area contributed by atoms with Crippen LogP contribution in [0.5, 0.6) is 5.75 Å². The van der Waals surface area contributed by atoms with Crippen LogP contribution >= 0.6 is 27.3 Å². The molecule has 1 aromatic heterocycles. The first-order valence-electron chi connectivity index (χ1n) is 9.33. The van der Waals surface area contributed by atoms with Gasteiger partial charge in [0.1, 0.15) is 10.8 Å². The fourth-order valence-corrected chi connectivity index (χ4v) is 4.33. The number of hydrogen-bond acceptors (Lipinski definition) is 4. The Hall–Kier alpha value is -2.18. The van der Waals surface area contributed by atoms with Gasteiger partial charge in [0, 0.05) is 15.4 Å². The molecule has 3 aromatic rings. The van der Waals surface area contributed by atoms with Gasteiger partial charge >= 0.3 is 0 Å². The number of ether oxygens (including phenoxy) is 1. The second-order valence-corrected chi connectivity index (χ2v) is 8.69. The number of nitrogens with zero attached hydrogens (tertiary/aromatic N) is 1. The molecule has 1 saturated carbocycles. The molecule has 1 amide bonds. The molecule has 0 unspecified atom stereocenters. The molecule has 1 fully saturated rings. The fourth-order valence-electron chi connectivity index (χ4n) is 3.24. The van der Waals surface area contributed by atoms with Crippen molar-refractivity contribution in [2.45, 2.75) is 31.7 Å². The zero-order valence-electron chi connectivity index (χ0n) is 15.6. The largest absolute Gasteiger partial charge is 0.494 e. The highest BCUT2D eigenvalue weighted by atomic mass is 79.9. The monoisotopic (exact) mass is 456 g/mol. The molecule has 1 heterocycles. The van der Waals surface area contributed by atoms with Crippen molar-refractivity contribution in [3.05, 3.63) is 69.6 Å². The zero-order chi connectivity index (χ0) is 19.6. The SMILES string of the molecule is CCOc1ccc(-c2nc(CC(=O)NC3(c4ccc(Br)cc4)CC3)cs2)cc1.